The monoisotopic (exact) mass is 581 g/mol. The van der Waals surface area contributed by atoms with Crippen LogP contribution in [0.1, 0.15) is 49.3 Å². The molecule has 1 aliphatic rings. The van der Waals surface area contributed by atoms with Gasteiger partial charge in [-0.05, 0) is 69.0 Å². The number of carbonyl (C=O) groups excluding carboxylic acids is 2. The highest BCUT2D eigenvalue weighted by atomic mass is 35.5. The fourth-order valence-electron chi connectivity index (χ4n) is 4.96. The first-order valence-electron chi connectivity index (χ1n) is 13.6. The Hall–Kier alpha value is -3.36. The normalized spacial score (nSPS) is 14.5. The second-order valence-corrected chi connectivity index (χ2v) is 12.7. The summed E-state index contributed by atoms with van der Waals surface area (Å²) in [6.07, 6.45) is 3.97. The van der Waals surface area contributed by atoms with E-state index in [1.807, 2.05) is 37.3 Å². The molecule has 9 heteroatoms. The molecule has 0 aromatic heterocycles. The summed E-state index contributed by atoms with van der Waals surface area (Å²) >= 11 is 6.29. The van der Waals surface area contributed by atoms with Gasteiger partial charge in [0.15, 0.2) is 0 Å². The first kappa shape index (κ1) is 29.6. The molecule has 3 aromatic carbocycles. The molecule has 3 aromatic rings. The van der Waals surface area contributed by atoms with Gasteiger partial charge in [-0.15, -0.1) is 0 Å². The van der Waals surface area contributed by atoms with E-state index in [0.29, 0.717) is 16.3 Å². The molecule has 0 heterocycles. The van der Waals surface area contributed by atoms with Crippen LogP contribution >= 0.6 is 11.6 Å². The van der Waals surface area contributed by atoms with Crippen molar-refractivity contribution in [3.8, 4) is 0 Å². The Kier molecular flexibility index (Phi) is 9.53. The maximum absolute atomic E-state index is 14.0. The van der Waals surface area contributed by atoms with Gasteiger partial charge in [0.05, 0.1) is 10.6 Å². The van der Waals surface area contributed by atoms with Crippen LogP contribution in [0, 0.1) is 13.8 Å². The van der Waals surface area contributed by atoms with E-state index in [1.165, 1.54) is 17.0 Å². The summed E-state index contributed by atoms with van der Waals surface area (Å²) in [6, 6.07) is 20.1. The molecule has 1 saturated carbocycles. The number of rotatable bonds is 10. The van der Waals surface area contributed by atoms with E-state index in [4.69, 9.17) is 11.6 Å². The fourth-order valence-corrected chi connectivity index (χ4v) is 6.59. The number of carbonyl (C=O) groups is 2. The first-order valence-corrected chi connectivity index (χ1v) is 15.4. The van der Waals surface area contributed by atoms with E-state index in [1.54, 1.807) is 44.2 Å². The van der Waals surface area contributed by atoms with Crippen molar-refractivity contribution in [3.05, 3.63) is 94.5 Å². The van der Waals surface area contributed by atoms with Crippen molar-refractivity contribution in [1.29, 1.82) is 0 Å². The first-order chi connectivity index (χ1) is 19.1. The van der Waals surface area contributed by atoms with Crippen LogP contribution < -0.4 is 9.62 Å². The van der Waals surface area contributed by atoms with Gasteiger partial charge in [-0.2, -0.15) is 0 Å². The maximum Gasteiger partial charge on any atom is 0.264 e. The van der Waals surface area contributed by atoms with Crippen molar-refractivity contribution in [1.82, 2.24) is 10.2 Å². The molecular weight excluding hydrogens is 546 g/mol. The van der Waals surface area contributed by atoms with E-state index in [9.17, 15) is 18.0 Å². The molecule has 4 rings (SSSR count). The Morgan fingerprint density at radius 1 is 0.975 bits per heavy atom. The minimum atomic E-state index is -4.15. The lowest BCUT2D eigenvalue weighted by atomic mass is 10.1. The van der Waals surface area contributed by atoms with Crippen LogP contribution in [0.15, 0.2) is 77.7 Å². The second kappa shape index (κ2) is 12.9. The van der Waals surface area contributed by atoms with Crippen LogP contribution in [0.3, 0.4) is 0 Å². The number of halogens is 1. The number of benzene rings is 3. The topological polar surface area (TPSA) is 86.8 Å². The average Bonchev–Trinajstić information content (AvgIpc) is 3.45. The predicted octanol–water partition coefficient (Wildman–Crippen LogP) is 5.63. The Morgan fingerprint density at radius 3 is 2.27 bits per heavy atom. The van der Waals surface area contributed by atoms with Crippen molar-refractivity contribution in [2.75, 3.05) is 10.8 Å². The third kappa shape index (κ3) is 7.04. The van der Waals surface area contributed by atoms with Crippen molar-refractivity contribution in [2.45, 2.75) is 70.0 Å². The Morgan fingerprint density at radius 2 is 1.62 bits per heavy atom. The zero-order valence-corrected chi connectivity index (χ0v) is 24.7. The minimum Gasteiger partial charge on any atom is -0.352 e. The molecular formula is C31H36ClN3O4S. The van der Waals surface area contributed by atoms with Crippen molar-refractivity contribution < 1.29 is 18.0 Å². The summed E-state index contributed by atoms with van der Waals surface area (Å²) in [6.45, 7) is 5.00. The van der Waals surface area contributed by atoms with Gasteiger partial charge in [-0.1, -0.05) is 78.5 Å². The van der Waals surface area contributed by atoms with Crippen molar-refractivity contribution in [3.63, 3.8) is 0 Å². The molecule has 0 spiro atoms. The molecule has 1 fully saturated rings. The van der Waals surface area contributed by atoms with Gasteiger partial charge < -0.3 is 10.2 Å². The summed E-state index contributed by atoms with van der Waals surface area (Å²) in [5.74, 6) is -0.740. The minimum absolute atomic E-state index is 0.0620. The Balaban J connectivity index is 1.70. The molecule has 0 unspecified atom stereocenters. The molecule has 1 atom stereocenters. The lowest BCUT2D eigenvalue weighted by Crippen LogP contribution is -2.52. The molecule has 0 bridgehead atoms. The number of aryl methyl sites for hydroxylation is 2. The van der Waals surface area contributed by atoms with Crippen LogP contribution in [0.4, 0.5) is 5.69 Å². The zero-order valence-electron chi connectivity index (χ0n) is 23.1. The predicted molar refractivity (Wildman–Crippen MR) is 159 cm³/mol. The number of hydrogen-bond acceptors (Lipinski definition) is 4. The SMILES string of the molecule is Cc1ccc(S(=O)(=O)N(CC(=O)N(Cc2ccccc2)[C@@H](C)C(=O)NC2CCCC2)c2cc(Cl)ccc2C)cc1. The molecule has 212 valence electrons. The van der Waals surface area contributed by atoms with E-state index < -0.39 is 28.5 Å². The lowest BCUT2D eigenvalue weighted by molar-refractivity contribution is -0.139. The quantitative estimate of drug-likeness (QED) is 0.336. The van der Waals surface area contributed by atoms with Crippen molar-refractivity contribution in [2.24, 2.45) is 0 Å². The Bertz CT molecular complexity index is 1440. The number of amides is 2. The van der Waals surface area contributed by atoms with Gasteiger partial charge in [-0.3, -0.25) is 13.9 Å². The van der Waals surface area contributed by atoms with E-state index in [0.717, 1.165) is 41.1 Å². The summed E-state index contributed by atoms with van der Waals surface area (Å²) < 4.78 is 29.1. The fraction of sp³-hybridized carbons (Fsp3) is 0.355. The van der Waals surface area contributed by atoms with E-state index >= 15 is 0 Å². The number of anilines is 1. The third-order valence-electron chi connectivity index (χ3n) is 7.39. The average molecular weight is 582 g/mol. The van der Waals surface area contributed by atoms with Gasteiger partial charge >= 0.3 is 0 Å². The largest absolute Gasteiger partial charge is 0.352 e. The molecule has 1 aliphatic carbocycles. The van der Waals surface area contributed by atoms with Crippen LogP contribution in [0.25, 0.3) is 0 Å². The highest BCUT2D eigenvalue weighted by Crippen LogP contribution is 2.30. The third-order valence-corrected chi connectivity index (χ3v) is 9.40. The van der Waals surface area contributed by atoms with Crippen LogP contribution in [0.5, 0.6) is 0 Å². The number of nitrogens with zero attached hydrogens (tertiary/aromatic N) is 2. The number of hydrogen-bond donors (Lipinski definition) is 1. The van der Waals surface area contributed by atoms with Gasteiger partial charge in [0, 0.05) is 17.6 Å². The van der Waals surface area contributed by atoms with Crippen LogP contribution in [-0.2, 0) is 26.2 Å². The second-order valence-electron chi connectivity index (χ2n) is 10.4. The van der Waals surface area contributed by atoms with Gasteiger partial charge in [0.1, 0.15) is 12.6 Å². The summed E-state index contributed by atoms with van der Waals surface area (Å²) in [7, 11) is -4.15. The maximum atomic E-state index is 14.0. The molecule has 7 nitrogen and oxygen atoms in total. The molecule has 2 amide bonds. The van der Waals surface area contributed by atoms with Gasteiger partial charge in [0.2, 0.25) is 11.8 Å². The molecule has 1 N–H and O–H groups in total. The zero-order chi connectivity index (χ0) is 28.9. The van der Waals surface area contributed by atoms with Crippen LogP contribution in [-0.4, -0.2) is 43.8 Å². The molecule has 0 radical (unpaired) electrons. The number of nitrogens with one attached hydrogen (secondary N) is 1. The van der Waals surface area contributed by atoms with E-state index in [2.05, 4.69) is 5.32 Å². The van der Waals surface area contributed by atoms with Crippen molar-refractivity contribution >= 4 is 39.1 Å². The molecule has 0 aliphatic heterocycles. The lowest BCUT2D eigenvalue weighted by Gasteiger charge is -2.33. The summed E-state index contributed by atoms with van der Waals surface area (Å²) in [5.41, 5.74) is 2.71. The summed E-state index contributed by atoms with van der Waals surface area (Å²) in [4.78, 5) is 28.9. The Labute approximate surface area is 242 Å². The molecule has 40 heavy (non-hydrogen) atoms. The standard InChI is InChI=1S/C31H36ClN3O4S/c1-22-13-17-28(18-14-22)40(38,39)35(29-19-26(32)16-15-23(29)2)21-30(36)34(20-25-9-5-4-6-10-25)24(3)31(37)33-27-11-7-8-12-27/h4-6,9-10,13-19,24,27H,7-8,11-12,20-21H2,1-3H3,(H,33,37)/t24-/m0/s1. The van der Waals surface area contributed by atoms with Crippen LogP contribution in [0.2, 0.25) is 5.02 Å². The highest BCUT2D eigenvalue weighted by Gasteiger charge is 2.34. The highest BCUT2D eigenvalue weighted by molar-refractivity contribution is 7.92. The van der Waals surface area contributed by atoms with Gasteiger partial charge in [-0.25, -0.2) is 8.42 Å². The molecule has 0 saturated heterocycles. The van der Waals surface area contributed by atoms with Gasteiger partial charge in [0.25, 0.3) is 10.0 Å². The number of sulfonamides is 1. The smallest absolute Gasteiger partial charge is 0.264 e. The van der Waals surface area contributed by atoms with E-state index in [-0.39, 0.29) is 23.4 Å². The summed E-state index contributed by atoms with van der Waals surface area (Å²) in [5, 5.41) is 3.43.